The van der Waals surface area contributed by atoms with Crippen LogP contribution in [0.2, 0.25) is 0 Å². The SMILES string of the molecule is CC.CCNCC1(F)CN(C(=O)c2ccc(F)c(F)c2Nc2ccc(C)cc2F)C1. The van der Waals surface area contributed by atoms with E-state index >= 15 is 0 Å². The van der Waals surface area contributed by atoms with E-state index in [9.17, 15) is 22.4 Å². The number of rotatable bonds is 6. The van der Waals surface area contributed by atoms with E-state index in [4.69, 9.17) is 0 Å². The van der Waals surface area contributed by atoms with Crippen LogP contribution in [0.25, 0.3) is 0 Å². The highest BCUT2D eigenvalue weighted by molar-refractivity contribution is 6.01. The van der Waals surface area contributed by atoms with Crippen LogP contribution in [0.15, 0.2) is 30.3 Å². The fourth-order valence-corrected chi connectivity index (χ4v) is 3.12. The predicted octanol–water partition coefficient (Wildman–Crippen LogP) is 4.96. The Labute approximate surface area is 174 Å². The molecule has 0 bridgehead atoms. The summed E-state index contributed by atoms with van der Waals surface area (Å²) in [5.74, 6) is -3.80. The molecule has 30 heavy (non-hydrogen) atoms. The number of alkyl halides is 1. The highest BCUT2D eigenvalue weighted by atomic mass is 19.2. The molecule has 0 atom stereocenters. The molecule has 4 nitrogen and oxygen atoms in total. The van der Waals surface area contributed by atoms with Crippen LogP contribution in [0.5, 0.6) is 0 Å². The minimum absolute atomic E-state index is 0.0975. The van der Waals surface area contributed by atoms with Crippen molar-refractivity contribution in [3.63, 3.8) is 0 Å². The first-order chi connectivity index (χ1) is 14.2. The summed E-state index contributed by atoms with van der Waals surface area (Å²) in [6, 6.07) is 6.13. The molecule has 8 heteroatoms. The van der Waals surface area contributed by atoms with Crippen LogP contribution in [0.3, 0.4) is 0 Å². The molecular formula is C22H27F4N3O. The largest absolute Gasteiger partial charge is 0.350 e. The Bertz CT molecular complexity index is 898. The van der Waals surface area contributed by atoms with Gasteiger partial charge in [0.05, 0.1) is 30.0 Å². The van der Waals surface area contributed by atoms with Crippen LogP contribution < -0.4 is 10.6 Å². The molecule has 3 rings (SSSR count). The molecule has 0 spiro atoms. The van der Waals surface area contributed by atoms with E-state index in [0.717, 1.165) is 12.1 Å². The van der Waals surface area contributed by atoms with Crippen molar-refractivity contribution in [3.8, 4) is 0 Å². The summed E-state index contributed by atoms with van der Waals surface area (Å²) in [4.78, 5) is 13.9. The Balaban J connectivity index is 0.00000155. The molecule has 2 aromatic carbocycles. The second kappa shape index (κ2) is 9.93. The van der Waals surface area contributed by atoms with Crippen molar-refractivity contribution in [1.29, 1.82) is 0 Å². The summed E-state index contributed by atoms with van der Waals surface area (Å²) in [5, 5.41) is 5.36. The van der Waals surface area contributed by atoms with E-state index in [1.165, 1.54) is 17.0 Å². The molecule has 2 aromatic rings. The number of halogens is 4. The Morgan fingerprint density at radius 3 is 2.37 bits per heavy atom. The molecule has 1 aliphatic heterocycles. The predicted molar refractivity (Wildman–Crippen MR) is 110 cm³/mol. The van der Waals surface area contributed by atoms with Crippen molar-refractivity contribution in [1.82, 2.24) is 10.2 Å². The highest BCUT2D eigenvalue weighted by Gasteiger charge is 2.46. The lowest BCUT2D eigenvalue weighted by atomic mass is 9.94. The van der Waals surface area contributed by atoms with Gasteiger partial charge >= 0.3 is 0 Å². The van der Waals surface area contributed by atoms with Crippen LogP contribution in [-0.2, 0) is 0 Å². The summed E-state index contributed by atoms with van der Waals surface area (Å²) in [7, 11) is 0. The van der Waals surface area contributed by atoms with Crippen molar-refractivity contribution >= 4 is 17.3 Å². The van der Waals surface area contributed by atoms with E-state index in [0.29, 0.717) is 12.1 Å². The van der Waals surface area contributed by atoms with Crippen LogP contribution in [0.1, 0.15) is 36.7 Å². The third-order valence-corrected chi connectivity index (χ3v) is 4.64. The molecule has 1 aliphatic rings. The summed E-state index contributed by atoms with van der Waals surface area (Å²) < 4.78 is 56.7. The van der Waals surface area contributed by atoms with Crippen LogP contribution in [0, 0.1) is 24.4 Å². The molecule has 0 unspecified atom stereocenters. The average molecular weight is 425 g/mol. The average Bonchev–Trinajstić information content (AvgIpc) is 2.70. The van der Waals surface area contributed by atoms with E-state index in [1.54, 1.807) is 13.0 Å². The number of benzene rings is 2. The van der Waals surface area contributed by atoms with Crippen molar-refractivity contribution < 1.29 is 22.4 Å². The Morgan fingerprint density at radius 2 is 1.77 bits per heavy atom. The minimum atomic E-state index is -1.55. The normalized spacial score (nSPS) is 14.5. The van der Waals surface area contributed by atoms with Crippen LogP contribution in [-0.4, -0.2) is 42.7 Å². The Hall–Kier alpha value is -2.61. The van der Waals surface area contributed by atoms with Crippen molar-refractivity contribution in [3.05, 3.63) is 58.9 Å². The van der Waals surface area contributed by atoms with Crippen molar-refractivity contribution in [2.24, 2.45) is 0 Å². The van der Waals surface area contributed by atoms with Crippen molar-refractivity contribution in [2.75, 3.05) is 31.5 Å². The summed E-state index contributed by atoms with van der Waals surface area (Å²) in [6.07, 6.45) is 0. The zero-order valence-corrected chi connectivity index (χ0v) is 17.6. The fraction of sp³-hybridized carbons (Fsp3) is 0.409. The number of likely N-dealkylation sites (tertiary alicyclic amines) is 1. The lowest BCUT2D eigenvalue weighted by molar-refractivity contribution is -0.0182. The van der Waals surface area contributed by atoms with E-state index in [-0.39, 0.29) is 30.9 Å². The van der Waals surface area contributed by atoms with E-state index in [2.05, 4.69) is 10.6 Å². The van der Waals surface area contributed by atoms with Gasteiger partial charge in [0.2, 0.25) is 0 Å². The van der Waals surface area contributed by atoms with Gasteiger partial charge in [0.1, 0.15) is 5.82 Å². The standard InChI is InChI=1S/C20H21F4N3O.C2H6/c1-3-25-9-20(24)10-27(11-20)19(28)13-5-6-14(21)17(23)18(13)26-16-7-4-12(2)8-15(16)22;1-2/h4-8,25-26H,3,9-11H2,1-2H3;1-2H3. The molecule has 2 N–H and O–H groups in total. The number of aryl methyl sites for hydroxylation is 1. The number of hydrogen-bond donors (Lipinski definition) is 2. The van der Waals surface area contributed by atoms with E-state index in [1.807, 2.05) is 20.8 Å². The molecule has 0 saturated carbocycles. The van der Waals surface area contributed by atoms with Gasteiger partial charge in [-0.3, -0.25) is 4.79 Å². The molecule has 0 radical (unpaired) electrons. The second-order valence-electron chi connectivity index (χ2n) is 6.98. The number of amides is 1. The van der Waals surface area contributed by atoms with Gasteiger partial charge in [0.25, 0.3) is 5.91 Å². The van der Waals surface area contributed by atoms with Crippen LogP contribution in [0.4, 0.5) is 28.9 Å². The molecule has 164 valence electrons. The van der Waals surface area contributed by atoms with Crippen molar-refractivity contribution in [2.45, 2.75) is 33.4 Å². The van der Waals surface area contributed by atoms with Gasteiger partial charge in [0.15, 0.2) is 17.3 Å². The van der Waals surface area contributed by atoms with Gasteiger partial charge in [-0.15, -0.1) is 0 Å². The first-order valence-corrected chi connectivity index (χ1v) is 9.94. The topological polar surface area (TPSA) is 44.4 Å². The number of nitrogens with zero attached hydrogens (tertiary/aromatic N) is 1. The molecule has 1 fully saturated rings. The lowest BCUT2D eigenvalue weighted by Gasteiger charge is -2.44. The van der Waals surface area contributed by atoms with Gasteiger partial charge in [-0.2, -0.15) is 0 Å². The zero-order chi connectivity index (χ0) is 22.5. The molecule has 0 aromatic heterocycles. The second-order valence-corrected chi connectivity index (χ2v) is 6.98. The van der Waals surface area contributed by atoms with Gasteiger partial charge in [-0.1, -0.05) is 26.8 Å². The van der Waals surface area contributed by atoms with Crippen LogP contribution >= 0.6 is 0 Å². The number of carbonyl (C=O) groups excluding carboxylic acids is 1. The Kier molecular flexibility index (Phi) is 7.83. The summed E-state index contributed by atoms with van der Waals surface area (Å²) >= 11 is 0. The summed E-state index contributed by atoms with van der Waals surface area (Å²) in [5.41, 5.74) is -1.67. The molecule has 1 heterocycles. The smallest absolute Gasteiger partial charge is 0.256 e. The monoisotopic (exact) mass is 425 g/mol. The number of anilines is 2. The number of hydrogen-bond acceptors (Lipinski definition) is 3. The molecule has 1 amide bonds. The first-order valence-electron chi connectivity index (χ1n) is 9.94. The molecular weight excluding hydrogens is 398 g/mol. The van der Waals surface area contributed by atoms with Gasteiger partial charge in [-0.25, -0.2) is 17.6 Å². The maximum atomic E-state index is 14.4. The highest BCUT2D eigenvalue weighted by Crippen LogP contribution is 2.32. The third kappa shape index (κ3) is 5.11. The fourth-order valence-electron chi connectivity index (χ4n) is 3.12. The minimum Gasteiger partial charge on any atom is -0.350 e. The quantitative estimate of drug-likeness (QED) is 0.644. The summed E-state index contributed by atoms with van der Waals surface area (Å²) in [6.45, 7) is 7.91. The maximum absolute atomic E-state index is 14.4. The molecule has 0 aliphatic carbocycles. The number of nitrogens with one attached hydrogen (secondary N) is 2. The third-order valence-electron chi connectivity index (χ3n) is 4.64. The van der Waals surface area contributed by atoms with Gasteiger partial charge in [-0.05, 0) is 43.3 Å². The maximum Gasteiger partial charge on any atom is 0.256 e. The molecule has 1 saturated heterocycles. The van der Waals surface area contributed by atoms with E-state index < -0.39 is 34.7 Å². The first kappa shape index (κ1) is 23.7. The lowest BCUT2D eigenvalue weighted by Crippen LogP contribution is -2.64. The zero-order valence-electron chi connectivity index (χ0n) is 17.6. The van der Waals surface area contributed by atoms with Gasteiger partial charge < -0.3 is 15.5 Å². The van der Waals surface area contributed by atoms with Gasteiger partial charge in [0, 0.05) is 6.54 Å². The Morgan fingerprint density at radius 1 is 1.10 bits per heavy atom. The number of carbonyl (C=O) groups is 1.